The molecule has 0 heterocycles. The molecule has 0 spiro atoms. The number of anilines is 2. The predicted molar refractivity (Wildman–Crippen MR) is 64.4 cm³/mol. The lowest BCUT2D eigenvalue weighted by atomic mass is 10.1. The standard InChI is InChI=1S/C10H13N3O2.ClH/c11-4-7-3-8(12)1-2-10(7)13-5-9(15)6-14;/h1-3,9,13-15H,5-6,12H2;1H. The summed E-state index contributed by atoms with van der Waals surface area (Å²) in [6, 6.07) is 6.87. The molecule has 0 fully saturated rings. The maximum absolute atomic E-state index is 9.12. The van der Waals surface area contributed by atoms with Crippen LogP contribution in [0.25, 0.3) is 0 Å². The van der Waals surface area contributed by atoms with Gasteiger partial charge in [-0.1, -0.05) is 0 Å². The van der Waals surface area contributed by atoms with E-state index >= 15 is 0 Å². The molecule has 88 valence electrons. The number of nitriles is 1. The van der Waals surface area contributed by atoms with E-state index in [0.717, 1.165) is 0 Å². The molecule has 0 aliphatic carbocycles. The number of aliphatic hydroxyl groups is 2. The first-order valence-electron chi connectivity index (χ1n) is 4.49. The van der Waals surface area contributed by atoms with Crippen molar-refractivity contribution < 1.29 is 10.2 Å². The van der Waals surface area contributed by atoms with Gasteiger partial charge in [0.1, 0.15) is 6.07 Å². The highest BCUT2D eigenvalue weighted by atomic mass is 35.5. The van der Waals surface area contributed by atoms with E-state index in [1.807, 2.05) is 6.07 Å². The summed E-state index contributed by atoms with van der Waals surface area (Å²) in [5.41, 5.74) is 7.04. The van der Waals surface area contributed by atoms with Gasteiger partial charge in [-0.25, -0.2) is 0 Å². The summed E-state index contributed by atoms with van der Waals surface area (Å²) in [6.07, 6.45) is -0.839. The Balaban J connectivity index is 0.00000225. The zero-order chi connectivity index (χ0) is 11.3. The summed E-state index contributed by atoms with van der Waals surface area (Å²) in [5, 5.41) is 29.4. The van der Waals surface area contributed by atoms with Crippen molar-refractivity contribution in [1.29, 1.82) is 5.26 Å². The van der Waals surface area contributed by atoms with E-state index < -0.39 is 6.10 Å². The average molecular weight is 244 g/mol. The Bertz CT molecular complexity index is 379. The second-order valence-corrected chi connectivity index (χ2v) is 3.13. The Morgan fingerprint density at radius 2 is 2.19 bits per heavy atom. The minimum atomic E-state index is -0.839. The number of rotatable bonds is 4. The van der Waals surface area contributed by atoms with E-state index in [1.54, 1.807) is 18.2 Å². The summed E-state index contributed by atoms with van der Waals surface area (Å²) in [7, 11) is 0. The number of nitrogens with zero attached hydrogens (tertiary/aromatic N) is 1. The van der Waals surface area contributed by atoms with Gasteiger partial charge in [0.05, 0.1) is 24.0 Å². The van der Waals surface area contributed by atoms with Crippen LogP contribution in [-0.2, 0) is 0 Å². The Kier molecular flexibility index (Phi) is 6.27. The summed E-state index contributed by atoms with van der Waals surface area (Å²) in [5.74, 6) is 0. The summed E-state index contributed by atoms with van der Waals surface area (Å²) >= 11 is 0. The number of benzene rings is 1. The Hall–Kier alpha value is -1.48. The first kappa shape index (κ1) is 14.5. The van der Waals surface area contributed by atoms with Gasteiger partial charge in [-0.15, -0.1) is 12.4 Å². The van der Waals surface area contributed by atoms with Crippen molar-refractivity contribution in [1.82, 2.24) is 0 Å². The van der Waals surface area contributed by atoms with Gasteiger partial charge < -0.3 is 21.3 Å². The highest BCUT2D eigenvalue weighted by Crippen LogP contribution is 2.17. The third-order valence-corrected chi connectivity index (χ3v) is 1.90. The second kappa shape index (κ2) is 6.90. The Morgan fingerprint density at radius 3 is 2.75 bits per heavy atom. The van der Waals surface area contributed by atoms with Crippen molar-refractivity contribution in [2.45, 2.75) is 6.10 Å². The van der Waals surface area contributed by atoms with Gasteiger partial charge in [0.25, 0.3) is 0 Å². The summed E-state index contributed by atoms with van der Waals surface area (Å²) < 4.78 is 0. The van der Waals surface area contributed by atoms with E-state index in [9.17, 15) is 0 Å². The van der Waals surface area contributed by atoms with Crippen LogP contribution in [0.4, 0.5) is 11.4 Å². The maximum atomic E-state index is 9.12. The van der Waals surface area contributed by atoms with Crippen molar-refractivity contribution in [3.8, 4) is 6.07 Å². The topological polar surface area (TPSA) is 102 Å². The molecule has 0 amide bonds. The molecule has 1 aromatic rings. The van der Waals surface area contributed by atoms with Gasteiger partial charge in [-0.2, -0.15) is 5.26 Å². The van der Waals surface area contributed by atoms with Crippen LogP contribution in [0, 0.1) is 11.3 Å². The number of halogens is 1. The molecule has 16 heavy (non-hydrogen) atoms. The Morgan fingerprint density at radius 1 is 1.50 bits per heavy atom. The molecule has 0 aliphatic rings. The van der Waals surface area contributed by atoms with Crippen LogP contribution < -0.4 is 11.1 Å². The number of hydrogen-bond acceptors (Lipinski definition) is 5. The fourth-order valence-electron chi connectivity index (χ4n) is 1.10. The SMILES string of the molecule is Cl.N#Cc1cc(N)ccc1NCC(O)CO. The van der Waals surface area contributed by atoms with Crippen LogP contribution in [0.2, 0.25) is 0 Å². The van der Waals surface area contributed by atoms with Crippen LogP contribution in [-0.4, -0.2) is 29.5 Å². The predicted octanol–water partition coefficient (Wildman–Crippen LogP) is 0.327. The summed E-state index contributed by atoms with van der Waals surface area (Å²) in [4.78, 5) is 0. The monoisotopic (exact) mass is 243 g/mol. The van der Waals surface area contributed by atoms with Gasteiger partial charge in [-0.05, 0) is 18.2 Å². The molecule has 1 aromatic carbocycles. The number of nitrogens with two attached hydrogens (primary N) is 1. The second-order valence-electron chi connectivity index (χ2n) is 3.13. The van der Waals surface area contributed by atoms with E-state index in [2.05, 4.69) is 5.32 Å². The van der Waals surface area contributed by atoms with Crippen molar-refractivity contribution >= 4 is 23.8 Å². The smallest absolute Gasteiger partial charge is 0.101 e. The third-order valence-electron chi connectivity index (χ3n) is 1.90. The lowest BCUT2D eigenvalue weighted by molar-refractivity contribution is 0.105. The molecular formula is C10H14ClN3O2. The van der Waals surface area contributed by atoms with Gasteiger partial charge in [-0.3, -0.25) is 0 Å². The lowest BCUT2D eigenvalue weighted by Crippen LogP contribution is -2.23. The molecule has 6 heteroatoms. The molecular weight excluding hydrogens is 230 g/mol. The number of nitrogens with one attached hydrogen (secondary N) is 1. The fourth-order valence-corrected chi connectivity index (χ4v) is 1.10. The first-order chi connectivity index (χ1) is 7.17. The molecule has 1 unspecified atom stereocenters. The van der Waals surface area contributed by atoms with Crippen molar-refractivity contribution in [3.05, 3.63) is 23.8 Å². The van der Waals surface area contributed by atoms with Gasteiger partial charge >= 0.3 is 0 Å². The molecule has 1 atom stereocenters. The molecule has 0 aliphatic heterocycles. The first-order valence-corrected chi connectivity index (χ1v) is 4.49. The highest BCUT2D eigenvalue weighted by Gasteiger charge is 2.05. The molecule has 0 bridgehead atoms. The van der Waals surface area contributed by atoms with E-state index in [-0.39, 0.29) is 25.6 Å². The Labute approximate surface area is 99.9 Å². The molecule has 0 radical (unpaired) electrons. The van der Waals surface area contributed by atoms with Crippen LogP contribution in [0.5, 0.6) is 0 Å². The zero-order valence-electron chi connectivity index (χ0n) is 8.55. The number of aliphatic hydroxyl groups excluding tert-OH is 2. The van der Waals surface area contributed by atoms with Crippen LogP contribution in [0.1, 0.15) is 5.56 Å². The van der Waals surface area contributed by atoms with Crippen molar-refractivity contribution in [2.75, 3.05) is 24.2 Å². The molecule has 5 N–H and O–H groups in total. The van der Waals surface area contributed by atoms with Crippen LogP contribution >= 0.6 is 12.4 Å². The van der Waals surface area contributed by atoms with Gasteiger partial charge in [0.15, 0.2) is 0 Å². The molecule has 0 aromatic heterocycles. The average Bonchev–Trinajstić information content (AvgIpc) is 2.26. The zero-order valence-corrected chi connectivity index (χ0v) is 9.37. The minimum Gasteiger partial charge on any atom is -0.399 e. The van der Waals surface area contributed by atoms with Crippen molar-refractivity contribution in [2.24, 2.45) is 0 Å². The molecule has 0 saturated carbocycles. The molecule has 5 nitrogen and oxygen atoms in total. The van der Waals surface area contributed by atoms with Crippen molar-refractivity contribution in [3.63, 3.8) is 0 Å². The quantitative estimate of drug-likeness (QED) is 0.571. The van der Waals surface area contributed by atoms with E-state index in [0.29, 0.717) is 16.9 Å². The normalized spacial score (nSPS) is 11.1. The number of nitrogen functional groups attached to an aromatic ring is 1. The largest absolute Gasteiger partial charge is 0.399 e. The molecule has 0 saturated heterocycles. The van der Waals surface area contributed by atoms with E-state index in [1.165, 1.54) is 0 Å². The summed E-state index contributed by atoms with van der Waals surface area (Å²) in [6.45, 7) is -0.126. The highest BCUT2D eigenvalue weighted by molar-refractivity contribution is 5.85. The minimum absolute atomic E-state index is 0. The van der Waals surface area contributed by atoms with Gasteiger partial charge in [0.2, 0.25) is 0 Å². The maximum Gasteiger partial charge on any atom is 0.101 e. The van der Waals surface area contributed by atoms with E-state index in [4.69, 9.17) is 21.2 Å². The van der Waals surface area contributed by atoms with Crippen LogP contribution in [0.15, 0.2) is 18.2 Å². The lowest BCUT2D eigenvalue weighted by Gasteiger charge is -2.11. The number of hydrogen-bond donors (Lipinski definition) is 4. The molecule has 1 rings (SSSR count). The fraction of sp³-hybridized carbons (Fsp3) is 0.300. The third kappa shape index (κ3) is 3.95. The van der Waals surface area contributed by atoms with Gasteiger partial charge in [0, 0.05) is 12.2 Å². The van der Waals surface area contributed by atoms with Crippen LogP contribution in [0.3, 0.4) is 0 Å².